The highest BCUT2D eigenvalue weighted by Crippen LogP contribution is 2.26. The smallest absolute Gasteiger partial charge is 0.309 e. The molecule has 0 aliphatic carbocycles. The zero-order chi connectivity index (χ0) is 21.5. The van der Waals surface area contributed by atoms with Crippen molar-refractivity contribution < 1.29 is 19.4 Å². The van der Waals surface area contributed by atoms with Gasteiger partial charge in [0.05, 0.1) is 12.1 Å². The lowest BCUT2D eigenvalue weighted by molar-refractivity contribution is -0.136. The zero-order valence-corrected chi connectivity index (χ0v) is 18.5. The van der Waals surface area contributed by atoms with Gasteiger partial charge in [-0.1, -0.05) is 45.8 Å². The minimum Gasteiger partial charge on any atom is -0.488 e. The highest BCUT2D eigenvalue weighted by Gasteiger charge is 2.08. The molecule has 2 aromatic carbocycles. The van der Waals surface area contributed by atoms with Gasteiger partial charge in [-0.3, -0.25) is 14.9 Å². The summed E-state index contributed by atoms with van der Waals surface area (Å²) in [5.74, 6) is -0.678. The van der Waals surface area contributed by atoms with Crippen molar-refractivity contribution in [1.29, 1.82) is 0 Å². The number of nitrogens with zero attached hydrogens (tertiary/aromatic N) is 1. The number of hydrogen-bond donors (Lipinski definition) is 2. The first-order chi connectivity index (χ1) is 14.4. The van der Waals surface area contributed by atoms with Gasteiger partial charge in [-0.05, 0) is 36.8 Å². The van der Waals surface area contributed by atoms with Crippen LogP contribution in [0.1, 0.15) is 22.4 Å². The van der Waals surface area contributed by atoms with Crippen LogP contribution in [0.4, 0.5) is 5.13 Å². The molecule has 0 unspecified atom stereocenters. The van der Waals surface area contributed by atoms with Gasteiger partial charge in [-0.2, -0.15) is 0 Å². The van der Waals surface area contributed by atoms with Crippen molar-refractivity contribution in [1.82, 2.24) is 4.98 Å². The average Bonchev–Trinajstić information content (AvgIpc) is 3.12. The first-order valence-electron chi connectivity index (χ1n) is 9.02. The summed E-state index contributed by atoms with van der Waals surface area (Å²) in [7, 11) is 0. The van der Waals surface area contributed by atoms with E-state index in [4.69, 9.17) is 9.84 Å². The third-order valence-electron chi connectivity index (χ3n) is 4.02. The molecule has 0 radical (unpaired) electrons. The number of aliphatic carboxylic acids is 1. The van der Waals surface area contributed by atoms with E-state index in [0.29, 0.717) is 23.2 Å². The van der Waals surface area contributed by atoms with Crippen LogP contribution >= 0.6 is 27.3 Å². The van der Waals surface area contributed by atoms with Crippen molar-refractivity contribution in [3.05, 3.63) is 80.8 Å². The maximum Gasteiger partial charge on any atom is 0.309 e. The molecule has 1 heterocycles. The number of amides is 1. The van der Waals surface area contributed by atoms with Crippen molar-refractivity contribution in [3.63, 3.8) is 0 Å². The number of halogens is 1. The Morgan fingerprint density at radius 3 is 2.73 bits per heavy atom. The van der Waals surface area contributed by atoms with Crippen LogP contribution in [0.2, 0.25) is 0 Å². The molecule has 154 valence electrons. The minimum absolute atomic E-state index is 0.179. The molecule has 0 fully saturated rings. The standard InChI is InChI=1S/C22H19BrN2O4S/c1-14-2-4-15(5-3-14)12-29-19-8-7-17(23)10-16(19)6-9-20(26)25-22-24-18(13-30-22)11-21(27)28/h2-10,13H,11-12H2,1H3,(H,27,28)(H,24,25,26)/b9-6+. The topological polar surface area (TPSA) is 88.5 Å². The van der Waals surface area contributed by atoms with Gasteiger partial charge >= 0.3 is 5.97 Å². The van der Waals surface area contributed by atoms with E-state index in [-0.39, 0.29) is 12.3 Å². The highest BCUT2D eigenvalue weighted by molar-refractivity contribution is 9.10. The second-order valence-electron chi connectivity index (χ2n) is 6.49. The molecular formula is C22H19BrN2O4S. The molecule has 2 N–H and O–H groups in total. The Balaban J connectivity index is 1.65. The molecular weight excluding hydrogens is 468 g/mol. The van der Waals surface area contributed by atoms with Gasteiger partial charge in [0.25, 0.3) is 0 Å². The fraction of sp³-hybridized carbons (Fsp3) is 0.136. The Labute approximate surface area is 186 Å². The number of carbonyl (C=O) groups excluding carboxylic acids is 1. The summed E-state index contributed by atoms with van der Waals surface area (Å²) in [5.41, 5.74) is 3.40. The Hall–Kier alpha value is -2.97. The lowest BCUT2D eigenvalue weighted by Gasteiger charge is -2.10. The Morgan fingerprint density at radius 2 is 2.00 bits per heavy atom. The molecule has 6 nitrogen and oxygen atoms in total. The predicted molar refractivity (Wildman–Crippen MR) is 121 cm³/mol. The number of carboxylic acids is 1. The Bertz CT molecular complexity index is 1080. The summed E-state index contributed by atoms with van der Waals surface area (Å²) in [4.78, 5) is 27.0. The molecule has 0 bridgehead atoms. The van der Waals surface area contributed by atoms with E-state index in [2.05, 4.69) is 26.2 Å². The van der Waals surface area contributed by atoms with Gasteiger partial charge in [0, 0.05) is 21.5 Å². The molecule has 0 spiro atoms. The number of thiazole rings is 1. The molecule has 8 heteroatoms. The van der Waals surface area contributed by atoms with E-state index >= 15 is 0 Å². The molecule has 1 amide bonds. The van der Waals surface area contributed by atoms with Gasteiger partial charge in [0.1, 0.15) is 12.4 Å². The molecule has 3 rings (SSSR count). The summed E-state index contributed by atoms with van der Waals surface area (Å²) in [6, 6.07) is 13.7. The molecule has 0 atom stereocenters. The molecule has 0 saturated heterocycles. The van der Waals surface area contributed by atoms with Gasteiger partial charge in [-0.25, -0.2) is 4.98 Å². The summed E-state index contributed by atoms with van der Waals surface area (Å²) in [6.07, 6.45) is 2.87. The molecule has 1 aromatic heterocycles. The number of anilines is 1. The lowest BCUT2D eigenvalue weighted by atomic mass is 10.1. The maximum absolute atomic E-state index is 12.2. The lowest BCUT2D eigenvalue weighted by Crippen LogP contribution is -2.08. The van der Waals surface area contributed by atoms with Gasteiger partial charge in [0.2, 0.25) is 5.91 Å². The third-order valence-corrected chi connectivity index (χ3v) is 5.32. The summed E-state index contributed by atoms with van der Waals surface area (Å²) in [5, 5.41) is 13.4. The Morgan fingerprint density at radius 1 is 1.23 bits per heavy atom. The molecule has 0 aliphatic heterocycles. The molecule has 30 heavy (non-hydrogen) atoms. The van der Waals surface area contributed by atoms with Gasteiger partial charge in [-0.15, -0.1) is 11.3 Å². The normalized spacial score (nSPS) is 10.9. The van der Waals surface area contributed by atoms with Crippen LogP contribution in [0.5, 0.6) is 5.75 Å². The van der Waals surface area contributed by atoms with E-state index < -0.39 is 5.97 Å². The molecule has 3 aromatic rings. The van der Waals surface area contributed by atoms with Crippen molar-refractivity contribution in [3.8, 4) is 5.75 Å². The average molecular weight is 487 g/mol. The summed E-state index contributed by atoms with van der Waals surface area (Å²) < 4.78 is 6.80. The van der Waals surface area contributed by atoms with Crippen molar-refractivity contribution in [2.75, 3.05) is 5.32 Å². The minimum atomic E-state index is -0.967. The highest BCUT2D eigenvalue weighted by atomic mass is 79.9. The zero-order valence-electron chi connectivity index (χ0n) is 16.1. The number of carbonyl (C=O) groups is 2. The van der Waals surface area contributed by atoms with Crippen LogP contribution in [0.25, 0.3) is 6.08 Å². The van der Waals surface area contributed by atoms with Crippen LogP contribution < -0.4 is 10.1 Å². The van der Waals surface area contributed by atoms with Crippen molar-refractivity contribution >= 4 is 50.4 Å². The Kier molecular flexibility index (Phi) is 7.37. The first kappa shape index (κ1) is 21.7. The SMILES string of the molecule is Cc1ccc(COc2ccc(Br)cc2/C=C/C(=O)Nc2nc(CC(=O)O)cs2)cc1. The number of ether oxygens (including phenoxy) is 1. The summed E-state index contributed by atoms with van der Waals surface area (Å²) >= 11 is 4.62. The van der Waals surface area contributed by atoms with Crippen LogP contribution in [0.3, 0.4) is 0 Å². The number of nitrogens with one attached hydrogen (secondary N) is 1. The predicted octanol–water partition coefficient (Wildman–Crippen LogP) is 5.07. The van der Waals surface area contributed by atoms with E-state index in [1.807, 2.05) is 49.4 Å². The van der Waals surface area contributed by atoms with Crippen molar-refractivity contribution in [2.24, 2.45) is 0 Å². The monoisotopic (exact) mass is 486 g/mol. The van der Waals surface area contributed by atoms with Gasteiger partial charge < -0.3 is 9.84 Å². The second kappa shape index (κ2) is 10.2. The van der Waals surface area contributed by atoms with E-state index in [9.17, 15) is 9.59 Å². The van der Waals surface area contributed by atoms with Crippen LogP contribution in [0.15, 0.2) is 58.4 Å². The third kappa shape index (κ3) is 6.53. The maximum atomic E-state index is 12.2. The summed E-state index contributed by atoms with van der Waals surface area (Å²) in [6.45, 7) is 2.45. The van der Waals surface area contributed by atoms with Crippen molar-refractivity contribution in [2.45, 2.75) is 20.0 Å². The number of benzene rings is 2. The van der Waals surface area contributed by atoms with Crippen LogP contribution in [-0.2, 0) is 22.6 Å². The van der Waals surface area contributed by atoms with Crippen LogP contribution in [-0.4, -0.2) is 22.0 Å². The quantitative estimate of drug-likeness (QED) is 0.433. The fourth-order valence-electron chi connectivity index (χ4n) is 2.54. The fourth-order valence-corrected chi connectivity index (χ4v) is 3.63. The number of aryl methyl sites for hydroxylation is 1. The number of hydrogen-bond acceptors (Lipinski definition) is 5. The molecule has 0 saturated carbocycles. The van der Waals surface area contributed by atoms with Gasteiger partial charge in [0.15, 0.2) is 5.13 Å². The van der Waals surface area contributed by atoms with E-state index in [0.717, 1.165) is 15.6 Å². The number of aromatic nitrogens is 1. The number of carboxylic acid groups (broad SMARTS) is 1. The van der Waals surface area contributed by atoms with E-state index in [1.54, 1.807) is 11.5 Å². The van der Waals surface area contributed by atoms with Crippen LogP contribution in [0, 0.1) is 6.92 Å². The number of rotatable bonds is 8. The van der Waals surface area contributed by atoms with E-state index in [1.165, 1.54) is 23.0 Å². The molecule has 0 aliphatic rings. The largest absolute Gasteiger partial charge is 0.488 e. The second-order valence-corrected chi connectivity index (χ2v) is 8.27. The first-order valence-corrected chi connectivity index (χ1v) is 10.7.